The standard InChI is InChI=1S/C26H35N3O4/c1-25(2,3)32-23(30)28-16-17-29(24(31)33-26(4,5)6)22(28)27-21-14-12-20(13-15-21)18-19-10-8-7-9-11-19/h7-14,22H,15-18H2,1-6H3/b27-21-. The maximum absolute atomic E-state index is 12.8. The molecule has 33 heavy (non-hydrogen) atoms. The molecule has 0 radical (unpaired) electrons. The Morgan fingerprint density at radius 3 is 1.91 bits per heavy atom. The van der Waals surface area contributed by atoms with Gasteiger partial charge in [0.05, 0.1) is 0 Å². The highest BCUT2D eigenvalue weighted by Gasteiger charge is 2.41. The molecule has 2 amide bonds. The second-order valence-electron chi connectivity index (χ2n) is 10.3. The van der Waals surface area contributed by atoms with E-state index in [1.807, 2.05) is 71.9 Å². The lowest BCUT2D eigenvalue weighted by Gasteiger charge is -2.31. The Balaban J connectivity index is 1.78. The van der Waals surface area contributed by atoms with E-state index in [9.17, 15) is 9.59 Å². The Bertz CT molecular complexity index is 916. The van der Waals surface area contributed by atoms with Crippen LogP contribution in [0.5, 0.6) is 0 Å². The number of ether oxygens (including phenoxy) is 2. The molecule has 1 aromatic carbocycles. The monoisotopic (exact) mass is 453 g/mol. The van der Waals surface area contributed by atoms with E-state index in [0.717, 1.165) is 12.1 Å². The quantitative estimate of drug-likeness (QED) is 0.620. The van der Waals surface area contributed by atoms with Gasteiger partial charge in [0.2, 0.25) is 6.29 Å². The average molecular weight is 454 g/mol. The number of nitrogens with zero attached hydrogens (tertiary/aromatic N) is 3. The summed E-state index contributed by atoms with van der Waals surface area (Å²) in [5.74, 6) is 0. The summed E-state index contributed by atoms with van der Waals surface area (Å²) in [5, 5.41) is 0. The van der Waals surface area contributed by atoms with Crippen LogP contribution in [-0.2, 0) is 15.9 Å². The van der Waals surface area contributed by atoms with Crippen LogP contribution in [0.25, 0.3) is 0 Å². The van der Waals surface area contributed by atoms with Gasteiger partial charge in [-0.2, -0.15) is 0 Å². The van der Waals surface area contributed by atoms with Crippen molar-refractivity contribution in [2.75, 3.05) is 13.1 Å². The van der Waals surface area contributed by atoms with Crippen LogP contribution >= 0.6 is 0 Å². The highest BCUT2D eigenvalue weighted by atomic mass is 16.6. The van der Waals surface area contributed by atoms with Crippen molar-refractivity contribution < 1.29 is 19.1 Å². The van der Waals surface area contributed by atoms with Crippen molar-refractivity contribution in [3.05, 3.63) is 59.7 Å². The molecule has 1 aromatic rings. The number of benzene rings is 1. The molecule has 1 saturated heterocycles. The first-order valence-electron chi connectivity index (χ1n) is 11.4. The zero-order valence-electron chi connectivity index (χ0n) is 20.5. The lowest BCUT2D eigenvalue weighted by atomic mass is 9.99. The van der Waals surface area contributed by atoms with Gasteiger partial charge in [-0.3, -0.25) is 9.80 Å². The van der Waals surface area contributed by atoms with Crippen LogP contribution in [0.2, 0.25) is 0 Å². The minimum Gasteiger partial charge on any atom is -0.444 e. The molecule has 0 bridgehead atoms. The largest absolute Gasteiger partial charge is 0.444 e. The van der Waals surface area contributed by atoms with Crippen molar-refractivity contribution in [2.24, 2.45) is 4.99 Å². The molecule has 1 fully saturated rings. The summed E-state index contributed by atoms with van der Waals surface area (Å²) in [7, 11) is 0. The van der Waals surface area contributed by atoms with E-state index in [0.29, 0.717) is 19.5 Å². The zero-order chi connectivity index (χ0) is 24.2. The van der Waals surface area contributed by atoms with Gasteiger partial charge in [-0.05, 0) is 65.2 Å². The molecular weight excluding hydrogens is 418 g/mol. The minimum absolute atomic E-state index is 0.328. The number of aliphatic imine (C=N–C) groups is 1. The molecule has 0 unspecified atom stereocenters. The van der Waals surface area contributed by atoms with Crippen molar-refractivity contribution in [1.29, 1.82) is 0 Å². The molecule has 0 aromatic heterocycles. The zero-order valence-corrected chi connectivity index (χ0v) is 20.5. The Labute approximate surface area is 196 Å². The predicted molar refractivity (Wildman–Crippen MR) is 129 cm³/mol. The van der Waals surface area contributed by atoms with Crippen LogP contribution in [0.1, 0.15) is 53.5 Å². The molecule has 7 nitrogen and oxygen atoms in total. The highest BCUT2D eigenvalue weighted by molar-refractivity contribution is 5.98. The van der Waals surface area contributed by atoms with E-state index in [4.69, 9.17) is 14.5 Å². The maximum Gasteiger partial charge on any atom is 0.413 e. The number of allylic oxidation sites excluding steroid dienone is 4. The fourth-order valence-corrected chi connectivity index (χ4v) is 3.55. The van der Waals surface area contributed by atoms with Gasteiger partial charge in [0.15, 0.2) is 0 Å². The Kier molecular flexibility index (Phi) is 7.30. The van der Waals surface area contributed by atoms with Gasteiger partial charge in [0.25, 0.3) is 0 Å². The van der Waals surface area contributed by atoms with E-state index >= 15 is 0 Å². The molecular formula is C26H35N3O4. The summed E-state index contributed by atoms with van der Waals surface area (Å²) in [6.07, 6.45) is 5.80. The van der Waals surface area contributed by atoms with Gasteiger partial charge in [0, 0.05) is 25.2 Å². The Morgan fingerprint density at radius 2 is 1.45 bits per heavy atom. The third-order valence-corrected chi connectivity index (χ3v) is 4.99. The van der Waals surface area contributed by atoms with Gasteiger partial charge in [0.1, 0.15) is 11.2 Å². The molecule has 7 heteroatoms. The lowest BCUT2D eigenvalue weighted by Crippen LogP contribution is -2.46. The van der Waals surface area contributed by atoms with Gasteiger partial charge < -0.3 is 9.47 Å². The molecule has 3 rings (SSSR count). The summed E-state index contributed by atoms with van der Waals surface area (Å²) < 4.78 is 11.1. The van der Waals surface area contributed by atoms with Crippen LogP contribution in [0.3, 0.4) is 0 Å². The number of rotatable bonds is 3. The molecule has 0 spiro atoms. The van der Waals surface area contributed by atoms with E-state index in [1.54, 1.807) is 0 Å². The van der Waals surface area contributed by atoms with E-state index in [-0.39, 0.29) is 0 Å². The van der Waals surface area contributed by atoms with Gasteiger partial charge in [-0.1, -0.05) is 42.5 Å². The summed E-state index contributed by atoms with van der Waals surface area (Å²) in [4.78, 5) is 33.4. The van der Waals surface area contributed by atoms with Crippen LogP contribution < -0.4 is 0 Å². The topological polar surface area (TPSA) is 71.4 Å². The number of carbonyl (C=O) groups excluding carboxylic acids is 2. The first-order chi connectivity index (χ1) is 15.4. The summed E-state index contributed by atoms with van der Waals surface area (Å²) in [5.41, 5.74) is 1.96. The van der Waals surface area contributed by atoms with Crippen LogP contribution in [0.15, 0.2) is 59.1 Å². The second kappa shape index (κ2) is 9.81. The lowest BCUT2D eigenvalue weighted by molar-refractivity contribution is 0.00194. The SMILES string of the molecule is CC(C)(C)OC(=O)N1CCN(C(=O)OC(C)(C)C)C1/N=C1/C=CC(Cc2ccccc2)=CC1. The van der Waals surface area contributed by atoms with Crippen LogP contribution in [0.4, 0.5) is 9.59 Å². The van der Waals surface area contributed by atoms with Gasteiger partial charge in [-0.25, -0.2) is 14.6 Å². The number of hydrogen-bond donors (Lipinski definition) is 0. The first kappa shape index (κ1) is 24.6. The van der Waals surface area contributed by atoms with Crippen molar-refractivity contribution in [1.82, 2.24) is 9.80 Å². The fourth-order valence-electron chi connectivity index (χ4n) is 3.55. The summed E-state index contributed by atoms with van der Waals surface area (Å²) in [6.45, 7) is 11.6. The number of hydrogen-bond acceptors (Lipinski definition) is 5. The Hall–Kier alpha value is -3.09. The normalized spacial score (nSPS) is 18.5. The molecule has 1 heterocycles. The third kappa shape index (κ3) is 7.20. The van der Waals surface area contributed by atoms with E-state index < -0.39 is 29.7 Å². The smallest absolute Gasteiger partial charge is 0.413 e. The van der Waals surface area contributed by atoms with E-state index in [1.165, 1.54) is 20.9 Å². The molecule has 0 saturated carbocycles. The molecule has 178 valence electrons. The predicted octanol–water partition coefficient (Wildman–Crippen LogP) is 5.33. The maximum atomic E-state index is 12.8. The Morgan fingerprint density at radius 1 is 0.909 bits per heavy atom. The molecule has 2 aliphatic rings. The first-order valence-corrected chi connectivity index (χ1v) is 11.4. The number of carbonyl (C=O) groups is 2. The van der Waals surface area contributed by atoms with E-state index in [2.05, 4.69) is 18.2 Å². The molecule has 1 aliphatic carbocycles. The number of amides is 2. The van der Waals surface area contributed by atoms with Crippen molar-refractivity contribution >= 4 is 17.9 Å². The average Bonchev–Trinajstić information content (AvgIpc) is 3.11. The summed E-state index contributed by atoms with van der Waals surface area (Å²) >= 11 is 0. The molecule has 0 atom stereocenters. The minimum atomic E-state index is -0.807. The van der Waals surface area contributed by atoms with Crippen molar-refractivity contribution in [3.63, 3.8) is 0 Å². The molecule has 1 aliphatic heterocycles. The highest BCUT2D eigenvalue weighted by Crippen LogP contribution is 2.24. The van der Waals surface area contributed by atoms with Crippen molar-refractivity contribution in [3.8, 4) is 0 Å². The van der Waals surface area contributed by atoms with Gasteiger partial charge >= 0.3 is 12.2 Å². The van der Waals surface area contributed by atoms with Crippen molar-refractivity contribution in [2.45, 2.75) is 71.9 Å². The third-order valence-electron chi connectivity index (χ3n) is 4.99. The van der Waals surface area contributed by atoms with Crippen LogP contribution in [0, 0.1) is 0 Å². The molecule has 0 N–H and O–H groups in total. The van der Waals surface area contributed by atoms with Gasteiger partial charge in [-0.15, -0.1) is 0 Å². The summed E-state index contributed by atoms with van der Waals surface area (Å²) in [6, 6.07) is 10.3. The second-order valence-corrected chi connectivity index (χ2v) is 10.3. The fraction of sp³-hybridized carbons (Fsp3) is 0.500. The van der Waals surface area contributed by atoms with Crippen LogP contribution in [-0.4, -0.2) is 58.3 Å².